The van der Waals surface area contributed by atoms with Crippen LogP contribution in [0.1, 0.15) is 6.42 Å². The van der Waals surface area contributed by atoms with E-state index in [0.29, 0.717) is 0 Å². The van der Waals surface area contributed by atoms with Crippen molar-refractivity contribution in [3.8, 4) is 0 Å². The molecule has 0 spiro atoms. The van der Waals surface area contributed by atoms with Crippen molar-refractivity contribution < 1.29 is 0 Å². The molecule has 1 rings (SSSR count). The molecular formula is C5H14N2P2. The fourth-order valence-corrected chi connectivity index (χ4v) is 2.47. The summed E-state index contributed by atoms with van der Waals surface area (Å²) < 4.78 is 2.45. The van der Waals surface area contributed by atoms with E-state index in [1.165, 1.54) is 19.5 Å². The Morgan fingerprint density at radius 1 is 1.78 bits per heavy atom. The minimum atomic E-state index is 0.776. The normalized spacial score (nSPS) is 30.7. The average Bonchev–Trinajstić information content (AvgIpc) is 2.34. The molecule has 3 atom stereocenters. The Morgan fingerprint density at radius 3 is 2.89 bits per heavy atom. The van der Waals surface area contributed by atoms with Crippen LogP contribution >= 0.6 is 17.3 Å². The molecule has 1 fully saturated rings. The lowest BCUT2D eigenvalue weighted by Gasteiger charge is -2.10. The molecule has 0 aromatic carbocycles. The highest BCUT2D eigenvalue weighted by molar-refractivity contribution is 8.01. The predicted molar refractivity (Wildman–Crippen MR) is 46.8 cm³/mol. The van der Waals surface area contributed by atoms with E-state index in [1.807, 2.05) is 0 Å². The summed E-state index contributed by atoms with van der Waals surface area (Å²) in [4.78, 5) is 0. The zero-order valence-corrected chi connectivity index (χ0v) is 7.66. The SMILES string of the molecule is NCC1CCN(PP)C1. The summed E-state index contributed by atoms with van der Waals surface area (Å²) in [6.07, 6.45) is 1.30. The first-order valence-electron chi connectivity index (χ1n) is 3.28. The second kappa shape index (κ2) is 3.83. The van der Waals surface area contributed by atoms with E-state index >= 15 is 0 Å². The molecular weight excluding hydrogens is 150 g/mol. The fraction of sp³-hybridized carbons (Fsp3) is 1.00. The number of hydrogen-bond acceptors (Lipinski definition) is 2. The first-order chi connectivity index (χ1) is 4.36. The van der Waals surface area contributed by atoms with E-state index in [-0.39, 0.29) is 0 Å². The van der Waals surface area contributed by atoms with Crippen molar-refractivity contribution in [2.45, 2.75) is 6.42 Å². The number of hydrogen-bond donors (Lipinski definition) is 1. The molecule has 1 heterocycles. The van der Waals surface area contributed by atoms with E-state index in [9.17, 15) is 0 Å². The summed E-state index contributed by atoms with van der Waals surface area (Å²) in [5.41, 5.74) is 5.52. The van der Waals surface area contributed by atoms with E-state index < -0.39 is 0 Å². The van der Waals surface area contributed by atoms with Crippen LogP contribution in [0.15, 0.2) is 0 Å². The Morgan fingerprint density at radius 2 is 2.56 bits per heavy atom. The van der Waals surface area contributed by atoms with Gasteiger partial charge in [-0.2, -0.15) is 0 Å². The molecule has 0 amide bonds. The lowest BCUT2D eigenvalue weighted by molar-refractivity contribution is 0.527. The quantitative estimate of drug-likeness (QED) is 0.607. The van der Waals surface area contributed by atoms with E-state index in [0.717, 1.165) is 20.9 Å². The van der Waals surface area contributed by atoms with Crippen LogP contribution in [0.2, 0.25) is 0 Å². The maximum Gasteiger partial charge on any atom is 0.00624 e. The van der Waals surface area contributed by atoms with Crippen LogP contribution in [0.5, 0.6) is 0 Å². The molecule has 0 radical (unpaired) electrons. The summed E-state index contributed by atoms with van der Waals surface area (Å²) in [6.45, 7) is 3.34. The molecule has 0 aliphatic carbocycles. The zero-order valence-electron chi connectivity index (χ0n) is 5.51. The molecule has 1 saturated heterocycles. The monoisotopic (exact) mass is 164 g/mol. The highest BCUT2D eigenvalue weighted by Gasteiger charge is 2.18. The van der Waals surface area contributed by atoms with Gasteiger partial charge in [-0.25, -0.2) is 0 Å². The summed E-state index contributed by atoms with van der Waals surface area (Å²) in [7, 11) is 3.67. The zero-order chi connectivity index (χ0) is 6.69. The van der Waals surface area contributed by atoms with Crippen LogP contribution in [-0.2, 0) is 0 Å². The molecule has 0 aromatic heterocycles. The maximum atomic E-state index is 5.52. The van der Waals surface area contributed by atoms with Crippen LogP contribution in [0.3, 0.4) is 0 Å². The molecule has 4 heteroatoms. The Labute approximate surface area is 60.5 Å². The molecule has 1 aliphatic rings. The third-order valence-electron chi connectivity index (χ3n) is 1.80. The number of nitrogens with zero attached hydrogens (tertiary/aromatic N) is 1. The third kappa shape index (κ3) is 2.13. The highest BCUT2D eigenvalue weighted by atomic mass is 32.0. The van der Waals surface area contributed by atoms with Gasteiger partial charge in [0, 0.05) is 13.1 Å². The van der Waals surface area contributed by atoms with Crippen LogP contribution < -0.4 is 5.73 Å². The van der Waals surface area contributed by atoms with Crippen LogP contribution in [0.4, 0.5) is 0 Å². The van der Waals surface area contributed by atoms with E-state index in [2.05, 4.69) is 13.6 Å². The highest BCUT2D eigenvalue weighted by Crippen LogP contribution is 2.32. The lowest BCUT2D eigenvalue weighted by atomic mass is 10.1. The molecule has 2 nitrogen and oxygen atoms in total. The average molecular weight is 164 g/mol. The van der Waals surface area contributed by atoms with Gasteiger partial charge in [0.2, 0.25) is 0 Å². The third-order valence-corrected chi connectivity index (χ3v) is 3.67. The smallest absolute Gasteiger partial charge is 0.00624 e. The Balaban J connectivity index is 2.20. The largest absolute Gasteiger partial charge is 0.330 e. The summed E-state index contributed by atoms with van der Waals surface area (Å²) >= 11 is 0. The molecule has 0 saturated carbocycles. The van der Waals surface area contributed by atoms with Gasteiger partial charge in [0.15, 0.2) is 0 Å². The molecule has 0 bridgehead atoms. The van der Waals surface area contributed by atoms with Gasteiger partial charge in [0.05, 0.1) is 0 Å². The van der Waals surface area contributed by atoms with Crippen LogP contribution in [0.25, 0.3) is 0 Å². The van der Waals surface area contributed by atoms with Gasteiger partial charge >= 0.3 is 0 Å². The fourth-order valence-electron chi connectivity index (χ4n) is 1.14. The van der Waals surface area contributed by atoms with Gasteiger partial charge in [-0.15, -0.1) is 0 Å². The maximum absolute atomic E-state index is 5.52. The van der Waals surface area contributed by atoms with Gasteiger partial charge < -0.3 is 5.73 Å². The van der Waals surface area contributed by atoms with Crippen molar-refractivity contribution in [2.24, 2.45) is 11.7 Å². The van der Waals surface area contributed by atoms with Crippen molar-refractivity contribution in [3.05, 3.63) is 0 Å². The van der Waals surface area contributed by atoms with E-state index in [1.54, 1.807) is 0 Å². The van der Waals surface area contributed by atoms with Gasteiger partial charge in [-0.1, -0.05) is 8.93 Å². The Hall–Kier alpha value is 0.780. The molecule has 0 aromatic rings. The molecule has 3 unspecified atom stereocenters. The Kier molecular flexibility index (Phi) is 3.35. The van der Waals surface area contributed by atoms with Crippen molar-refractivity contribution in [3.63, 3.8) is 0 Å². The second-order valence-electron chi connectivity index (χ2n) is 2.47. The van der Waals surface area contributed by atoms with Crippen molar-refractivity contribution in [2.75, 3.05) is 19.6 Å². The lowest BCUT2D eigenvalue weighted by Crippen LogP contribution is -2.16. The summed E-state index contributed by atoms with van der Waals surface area (Å²) in [5, 5.41) is 0. The van der Waals surface area contributed by atoms with Crippen LogP contribution in [-0.4, -0.2) is 24.3 Å². The summed E-state index contributed by atoms with van der Waals surface area (Å²) in [5.74, 6) is 0.776. The number of nitrogens with two attached hydrogens (primary N) is 1. The van der Waals surface area contributed by atoms with Gasteiger partial charge in [0.1, 0.15) is 0 Å². The van der Waals surface area contributed by atoms with Gasteiger partial charge in [-0.05, 0) is 27.3 Å². The minimum Gasteiger partial charge on any atom is -0.330 e. The van der Waals surface area contributed by atoms with Crippen molar-refractivity contribution in [1.29, 1.82) is 0 Å². The molecule has 1 aliphatic heterocycles. The second-order valence-corrected chi connectivity index (χ2v) is 4.13. The molecule has 2 N–H and O–H groups in total. The van der Waals surface area contributed by atoms with E-state index in [4.69, 9.17) is 5.73 Å². The first-order valence-corrected chi connectivity index (χ1v) is 6.03. The first kappa shape index (κ1) is 7.88. The van der Waals surface area contributed by atoms with Gasteiger partial charge in [-0.3, -0.25) is 4.67 Å². The predicted octanol–water partition coefficient (Wildman–Crippen LogP) is 0.651. The van der Waals surface area contributed by atoms with Crippen molar-refractivity contribution >= 4 is 17.3 Å². The van der Waals surface area contributed by atoms with Crippen molar-refractivity contribution in [1.82, 2.24) is 4.67 Å². The number of rotatable bonds is 2. The minimum absolute atomic E-state index is 0.776. The molecule has 9 heavy (non-hydrogen) atoms. The topological polar surface area (TPSA) is 29.3 Å². The van der Waals surface area contributed by atoms with Gasteiger partial charge in [0.25, 0.3) is 0 Å². The standard InChI is InChI=1S/C5H14N2P2/c6-3-5-1-2-7(4-5)9-8/h5,9H,1-4,6,8H2. The Bertz CT molecular complexity index is 79.0. The van der Waals surface area contributed by atoms with Crippen LogP contribution in [0, 0.1) is 5.92 Å². The summed E-state index contributed by atoms with van der Waals surface area (Å²) in [6, 6.07) is 0. The molecule has 54 valence electrons.